The zero-order valence-corrected chi connectivity index (χ0v) is 18.2. The molecule has 0 spiro atoms. The summed E-state index contributed by atoms with van der Waals surface area (Å²) in [4.78, 5) is 16.3. The fourth-order valence-corrected chi connectivity index (χ4v) is 3.42. The second-order valence-corrected chi connectivity index (χ2v) is 8.02. The average molecular weight is 387 g/mol. The minimum absolute atomic E-state index is 0.193. The van der Waals surface area contributed by atoms with Gasteiger partial charge in [0, 0.05) is 33.4 Å². The number of ether oxygens (including phenoxy) is 3. The van der Waals surface area contributed by atoms with Gasteiger partial charge in [-0.1, -0.05) is 20.8 Å². The molecule has 1 saturated carbocycles. The largest absolute Gasteiger partial charge is 0.449 e. The van der Waals surface area contributed by atoms with Crippen molar-refractivity contribution in [2.24, 2.45) is 5.92 Å². The van der Waals surface area contributed by atoms with E-state index in [1.54, 1.807) is 12.0 Å². The molecule has 1 aliphatic rings. The highest BCUT2D eigenvalue weighted by molar-refractivity contribution is 5.67. The fraction of sp³-hybridized carbons (Fsp3) is 0.952. The minimum atomic E-state index is -0.193. The van der Waals surface area contributed by atoms with Crippen LogP contribution >= 0.6 is 0 Å². The van der Waals surface area contributed by atoms with Crippen molar-refractivity contribution in [3.8, 4) is 0 Å². The molecule has 0 aliphatic heterocycles. The van der Waals surface area contributed by atoms with Gasteiger partial charge in [0.25, 0.3) is 0 Å². The lowest BCUT2D eigenvalue weighted by molar-refractivity contribution is 0.00624. The summed E-state index contributed by atoms with van der Waals surface area (Å²) in [6.07, 6.45) is 6.47. The Morgan fingerprint density at radius 3 is 2.37 bits per heavy atom. The fourth-order valence-electron chi connectivity index (χ4n) is 3.42. The SMILES string of the molecule is CCN(CCCCOC1CCC(N(C)C(=O)OCC(C)C)CC1)CCOC. The van der Waals surface area contributed by atoms with Gasteiger partial charge in [-0.15, -0.1) is 0 Å². The molecule has 1 amide bonds. The van der Waals surface area contributed by atoms with Gasteiger partial charge in [-0.05, 0) is 57.5 Å². The molecule has 160 valence electrons. The van der Waals surface area contributed by atoms with Gasteiger partial charge in [0.1, 0.15) is 0 Å². The molecule has 0 aromatic heterocycles. The number of hydrogen-bond acceptors (Lipinski definition) is 5. The quantitative estimate of drug-likeness (QED) is 0.451. The maximum absolute atomic E-state index is 12.1. The summed E-state index contributed by atoms with van der Waals surface area (Å²) >= 11 is 0. The number of hydrogen-bond donors (Lipinski definition) is 0. The summed E-state index contributed by atoms with van der Waals surface area (Å²) in [6.45, 7) is 11.6. The number of rotatable bonds is 13. The first kappa shape index (κ1) is 24.2. The van der Waals surface area contributed by atoms with E-state index in [1.165, 1.54) is 0 Å². The Labute approximate surface area is 166 Å². The molecule has 0 saturated heterocycles. The third-order valence-corrected chi connectivity index (χ3v) is 5.30. The number of amides is 1. The Balaban J connectivity index is 2.12. The van der Waals surface area contributed by atoms with Crippen LogP contribution in [0.2, 0.25) is 0 Å². The molecule has 0 heterocycles. The summed E-state index contributed by atoms with van der Waals surface area (Å²) in [5.74, 6) is 0.371. The van der Waals surface area contributed by atoms with E-state index in [0.717, 1.165) is 71.4 Å². The van der Waals surface area contributed by atoms with Crippen LogP contribution in [0.3, 0.4) is 0 Å². The van der Waals surface area contributed by atoms with Crippen LogP contribution in [0, 0.1) is 5.92 Å². The standard InChI is InChI=1S/C21H42N2O4/c1-6-23(14-16-25-5)13-7-8-15-26-20-11-9-19(10-12-20)22(4)21(24)27-17-18(2)3/h18-20H,6-17H2,1-5H3. The van der Waals surface area contributed by atoms with Crippen molar-refractivity contribution in [2.45, 2.75) is 71.4 Å². The number of nitrogens with zero attached hydrogens (tertiary/aromatic N) is 2. The molecular formula is C21H42N2O4. The maximum atomic E-state index is 12.1. The molecule has 0 aromatic rings. The van der Waals surface area contributed by atoms with Crippen LogP contribution in [0.15, 0.2) is 0 Å². The Morgan fingerprint density at radius 1 is 1.07 bits per heavy atom. The van der Waals surface area contributed by atoms with E-state index in [9.17, 15) is 4.79 Å². The van der Waals surface area contributed by atoms with Gasteiger partial charge in [0.2, 0.25) is 0 Å². The van der Waals surface area contributed by atoms with E-state index in [0.29, 0.717) is 18.6 Å². The van der Waals surface area contributed by atoms with E-state index in [-0.39, 0.29) is 12.1 Å². The first-order valence-corrected chi connectivity index (χ1v) is 10.7. The Kier molecular flexibility index (Phi) is 12.7. The lowest BCUT2D eigenvalue weighted by Gasteiger charge is -2.34. The van der Waals surface area contributed by atoms with Crippen molar-refractivity contribution in [1.29, 1.82) is 0 Å². The van der Waals surface area contributed by atoms with Crippen molar-refractivity contribution in [1.82, 2.24) is 9.80 Å². The summed E-state index contributed by atoms with van der Waals surface area (Å²) in [6, 6.07) is 0.281. The zero-order chi connectivity index (χ0) is 20.1. The predicted octanol–water partition coefficient (Wildman–Crippen LogP) is 3.79. The van der Waals surface area contributed by atoms with E-state index < -0.39 is 0 Å². The molecule has 1 aliphatic carbocycles. The number of unbranched alkanes of at least 4 members (excludes halogenated alkanes) is 1. The number of carbonyl (C=O) groups is 1. The molecule has 0 atom stereocenters. The van der Waals surface area contributed by atoms with Crippen LogP contribution in [0.25, 0.3) is 0 Å². The minimum Gasteiger partial charge on any atom is -0.449 e. The molecular weight excluding hydrogens is 344 g/mol. The smallest absolute Gasteiger partial charge is 0.409 e. The zero-order valence-electron chi connectivity index (χ0n) is 18.2. The van der Waals surface area contributed by atoms with Crippen LogP contribution < -0.4 is 0 Å². The van der Waals surface area contributed by atoms with E-state index in [2.05, 4.69) is 25.7 Å². The van der Waals surface area contributed by atoms with Crippen molar-refractivity contribution in [2.75, 3.05) is 53.6 Å². The molecule has 0 unspecified atom stereocenters. The van der Waals surface area contributed by atoms with Crippen LogP contribution in [-0.4, -0.2) is 81.7 Å². The number of likely N-dealkylation sites (N-methyl/N-ethyl adjacent to an activating group) is 1. The normalized spacial score (nSPS) is 20.3. The predicted molar refractivity (Wildman–Crippen MR) is 109 cm³/mol. The second kappa shape index (κ2) is 14.2. The topological polar surface area (TPSA) is 51.2 Å². The summed E-state index contributed by atoms with van der Waals surface area (Å²) in [5.41, 5.74) is 0. The van der Waals surface area contributed by atoms with Gasteiger partial charge in [-0.3, -0.25) is 0 Å². The van der Waals surface area contributed by atoms with Gasteiger partial charge in [-0.25, -0.2) is 4.79 Å². The molecule has 0 aromatic carbocycles. The first-order valence-electron chi connectivity index (χ1n) is 10.7. The third kappa shape index (κ3) is 10.3. The highest BCUT2D eigenvalue weighted by Gasteiger charge is 2.27. The number of carbonyl (C=O) groups excluding carboxylic acids is 1. The van der Waals surface area contributed by atoms with Gasteiger partial charge < -0.3 is 24.0 Å². The first-order chi connectivity index (χ1) is 13.0. The summed E-state index contributed by atoms with van der Waals surface area (Å²) in [7, 11) is 3.61. The van der Waals surface area contributed by atoms with Gasteiger partial charge in [0.05, 0.1) is 19.3 Å². The highest BCUT2D eigenvalue weighted by atomic mass is 16.6. The van der Waals surface area contributed by atoms with Crippen molar-refractivity contribution in [3.05, 3.63) is 0 Å². The van der Waals surface area contributed by atoms with Crippen molar-refractivity contribution >= 4 is 6.09 Å². The molecule has 6 heteroatoms. The van der Waals surface area contributed by atoms with Crippen LogP contribution in [0.1, 0.15) is 59.3 Å². The lowest BCUT2D eigenvalue weighted by Crippen LogP contribution is -2.41. The maximum Gasteiger partial charge on any atom is 0.409 e. The molecule has 0 N–H and O–H groups in total. The Morgan fingerprint density at radius 2 is 1.78 bits per heavy atom. The van der Waals surface area contributed by atoms with Gasteiger partial charge in [0.15, 0.2) is 0 Å². The van der Waals surface area contributed by atoms with Crippen molar-refractivity contribution in [3.63, 3.8) is 0 Å². The third-order valence-electron chi connectivity index (χ3n) is 5.30. The van der Waals surface area contributed by atoms with Gasteiger partial charge >= 0.3 is 6.09 Å². The average Bonchev–Trinajstić information content (AvgIpc) is 2.68. The molecule has 1 fully saturated rings. The summed E-state index contributed by atoms with van der Waals surface area (Å²) < 4.78 is 16.5. The Bertz CT molecular complexity index is 384. The highest BCUT2D eigenvalue weighted by Crippen LogP contribution is 2.25. The van der Waals surface area contributed by atoms with Gasteiger partial charge in [-0.2, -0.15) is 0 Å². The molecule has 6 nitrogen and oxygen atoms in total. The second-order valence-electron chi connectivity index (χ2n) is 8.02. The van der Waals surface area contributed by atoms with Crippen molar-refractivity contribution < 1.29 is 19.0 Å². The van der Waals surface area contributed by atoms with E-state index >= 15 is 0 Å². The van der Waals surface area contributed by atoms with Crippen LogP contribution in [0.4, 0.5) is 4.79 Å². The Hall–Kier alpha value is -0.850. The summed E-state index contributed by atoms with van der Waals surface area (Å²) in [5, 5.41) is 0. The lowest BCUT2D eigenvalue weighted by atomic mass is 9.92. The van der Waals surface area contributed by atoms with Crippen LogP contribution in [-0.2, 0) is 14.2 Å². The molecule has 0 radical (unpaired) electrons. The number of methoxy groups -OCH3 is 1. The molecule has 0 bridgehead atoms. The molecule has 27 heavy (non-hydrogen) atoms. The van der Waals surface area contributed by atoms with E-state index in [4.69, 9.17) is 14.2 Å². The van der Waals surface area contributed by atoms with E-state index in [1.807, 2.05) is 7.05 Å². The van der Waals surface area contributed by atoms with Crippen LogP contribution in [0.5, 0.6) is 0 Å². The molecule has 1 rings (SSSR count). The monoisotopic (exact) mass is 386 g/mol.